The van der Waals surface area contributed by atoms with Crippen LogP contribution < -0.4 is 4.90 Å². The van der Waals surface area contributed by atoms with Gasteiger partial charge in [0.1, 0.15) is 0 Å². The van der Waals surface area contributed by atoms with Crippen LogP contribution >= 0.6 is 11.3 Å². The first kappa shape index (κ1) is 25.1. The Morgan fingerprint density at radius 3 is 2.35 bits per heavy atom. The van der Waals surface area contributed by atoms with Crippen LogP contribution in [-0.4, -0.2) is 47.0 Å². The van der Waals surface area contributed by atoms with E-state index in [9.17, 15) is 4.79 Å². The first-order valence-corrected chi connectivity index (χ1v) is 13.7. The van der Waals surface area contributed by atoms with Crippen molar-refractivity contribution < 1.29 is 4.79 Å². The first-order valence-electron chi connectivity index (χ1n) is 12.9. The summed E-state index contributed by atoms with van der Waals surface area (Å²) in [5.41, 5.74) is 6.55. The molecule has 0 radical (unpaired) electrons. The Morgan fingerprint density at radius 1 is 0.865 bits per heavy atom. The predicted molar refractivity (Wildman–Crippen MR) is 156 cm³/mol. The molecule has 0 aliphatic carbocycles. The minimum Gasteiger partial charge on any atom is -0.302 e. The predicted octanol–water partition coefficient (Wildman–Crippen LogP) is 7.12. The van der Waals surface area contributed by atoms with Gasteiger partial charge in [-0.1, -0.05) is 79.8 Å². The number of pyridine rings is 1. The van der Waals surface area contributed by atoms with Crippen LogP contribution in [0.15, 0.2) is 72.8 Å². The molecule has 5 rings (SSSR count). The van der Waals surface area contributed by atoms with Crippen molar-refractivity contribution in [3.63, 3.8) is 0 Å². The molecular formula is C31H32N4OS. The minimum absolute atomic E-state index is 0.0450. The van der Waals surface area contributed by atoms with Crippen LogP contribution in [0.5, 0.6) is 0 Å². The number of thiazole rings is 1. The van der Waals surface area contributed by atoms with Gasteiger partial charge in [-0.3, -0.25) is 9.69 Å². The molecule has 1 amide bonds. The largest absolute Gasteiger partial charge is 0.302 e. The Morgan fingerprint density at radius 2 is 1.59 bits per heavy atom. The van der Waals surface area contributed by atoms with Crippen molar-refractivity contribution in [1.29, 1.82) is 0 Å². The minimum atomic E-state index is -0.0450. The van der Waals surface area contributed by atoms with Gasteiger partial charge in [0, 0.05) is 24.0 Å². The number of aryl methyl sites for hydroxylation is 2. The van der Waals surface area contributed by atoms with Gasteiger partial charge in [0.2, 0.25) is 0 Å². The van der Waals surface area contributed by atoms with Gasteiger partial charge < -0.3 is 4.90 Å². The SMILES string of the molecule is CCN(CC)CCN(C(=O)c1cc(-c2ccccc2)nc2ccccc12)c1nc2c(C)cc(C)cc2s1. The maximum absolute atomic E-state index is 14.4. The fourth-order valence-corrected chi connectivity index (χ4v) is 5.96. The summed E-state index contributed by atoms with van der Waals surface area (Å²) in [4.78, 5) is 28.5. The van der Waals surface area contributed by atoms with Gasteiger partial charge in [-0.25, -0.2) is 9.97 Å². The molecule has 0 saturated carbocycles. The fraction of sp³-hybridized carbons (Fsp3) is 0.258. The second kappa shape index (κ2) is 10.8. The van der Waals surface area contributed by atoms with Crippen LogP contribution in [0, 0.1) is 13.8 Å². The zero-order chi connectivity index (χ0) is 25.9. The number of likely N-dealkylation sites (N-methyl/N-ethyl adjacent to an activating group) is 1. The quantitative estimate of drug-likeness (QED) is 0.224. The van der Waals surface area contributed by atoms with E-state index in [0.717, 1.165) is 62.7 Å². The number of aromatic nitrogens is 2. The van der Waals surface area contributed by atoms with Gasteiger partial charge in [0.15, 0.2) is 5.13 Å². The second-order valence-corrected chi connectivity index (χ2v) is 10.4. The molecular weight excluding hydrogens is 476 g/mol. The smallest absolute Gasteiger partial charge is 0.260 e. The number of amides is 1. The molecule has 2 heterocycles. The van der Waals surface area contributed by atoms with Gasteiger partial charge in [0.25, 0.3) is 5.91 Å². The van der Waals surface area contributed by atoms with Crippen molar-refractivity contribution in [3.8, 4) is 11.3 Å². The van der Waals surface area contributed by atoms with Gasteiger partial charge in [-0.05, 0) is 56.3 Å². The molecule has 0 N–H and O–H groups in total. The van der Waals surface area contributed by atoms with E-state index in [1.54, 1.807) is 11.3 Å². The van der Waals surface area contributed by atoms with Crippen LogP contribution in [0.3, 0.4) is 0 Å². The van der Waals surface area contributed by atoms with E-state index in [1.165, 1.54) is 5.56 Å². The first-order chi connectivity index (χ1) is 18.0. The van der Waals surface area contributed by atoms with E-state index >= 15 is 0 Å². The number of nitrogens with zero attached hydrogens (tertiary/aromatic N) is 4. The molecule has 0 atom stereocenters. The number of para-hydroxylation sites is 1. The number of rotatable bonds is 8. The monoisotopic (exact) mass is 508 g/mol. The Kier molecular flexibility index (Phi) is 7.31. The molecule has 0 bridgehead atoms. The van der Waals surface area contributed by atoms with Crippen LogP contribution in [-0.2, 0) is 0 Å². The summed E-state index contributed by atoms with van der Waals surface area (Å²) in [6.07, 6.45) is 0. The molecule has 6 heteroatoms. The molecule has 188 valence electrons. The van der Waals surface area contributed by atoms with E-state index < -0.39 is 0 Å². The van der Waals surface area contributed by atoms with Crippen LogP contribution in [0.1, 0.15) is 35.3 Å². The molecule has 5 aromatic rings. The van der Waals surface area contributed by atoms with Gasteiger partial charge in [-0.2, -0.15) is 0 Å². The molecule has 0 fully saturated rings. The highest BCUT2D eigenvalue weighted by Gasteiger charge is 2.25. The Balaban J connectivity index is 1.64. The zero-order valence-corrected chi connectivity index (χ0v) is 22.7. The number of fused-ring (bicyclic) bond motifs is 2. The Hall–Kier alpha value is -3.61. The highest BCUT2D eigenvalue weighted by atomic mass is 32.1. The summed E-state index contributed by atoms with van der Waals surface area (Å²) in [6, 6.07) is 24.2. The highest BCUT2D eigenvalue weighted by molar-refractivity contribution is 7.22. The summed E-state index contributed by atoms with van der Waals surface area (Å²) in [6.45, 7) is 11.7. The summed E-state index contributed by atoms with van der Waals surface area (Å²) < 4.78 is 1.11. The third-order valence-electron chi connectivity index (χ3n) is 6.85. The van der Waals surface area contributed by atoms with Crippen molar-refractivity contribution in [1.82, 2.24) is 14.9 Å². The second-order valence-electron chi connectivity index (χ2n) is 9.35. The molecule has 0 saturated heterocycles. The molecule has 2 aromatic heterocycles. The van der Waals surface area contributed by atoms with Crippen molar-refractivity contribution in [2.24, 2.45) is 0 Å². The van der Waals surface area contributed by atoms with Gasteiger partial charge >= 0.3 is 0 Å². The maximum atomic E-state index is 14.4. The molecule has 3 aromatic carbocycles. The normalized spacial score (nSPS) is 11.5. The van der Waals surface area contributed by atoms with Crippen molar-refractivity contribution >= 4 is 43.5 Å². The van der Waals surface area contributed by atoms with Crippen LogP contribution in [0.2, 0.25) is 0 Å². The van der Waals surface area contributed by atoms with Crippen molar-refractivity contribution in [3.05, 3.63) is 89.5 Å². The summed E-state index contributed by atoms with van der Waals surface area (Å²) >= 11 is 1.59. The average molecular weight is 509 g/mol. The number of carbonyl (C=O) groups is 1. The molecule has 0 aliphatic heterocycles. The lowest BCUT2D eigenvalue weighted by molar-refractivity contribution is 0.0985. The fourth-order valence-electron chi connectivity index (χ4n) is 4.79. The lowest BCUT2D eigenvalue weighted by atomic mass is 10.0. The number of carbonyl (C=O) groups excluding carboxylic acids is 1. The summed E-state index contributed by atoms with van der Waals surface area (Å²) in [5, 5.41) is 1.59. The summed E-state index contributed by atoms with van der Waals surface area (Å²) in [5.74, 6) is -0.0450. The van der Waals surface area contributed by atoms with E-state index in [0.29, 0.717) is 12.1 Å². The zero-order valence-electron chi connectivity index (χ0n) is 21.9. The number of benzene rings is 3. The van der Waals surface area contributed by atoms with Crippen molar-refractivity contribution in [2.75, 3.05) is 31.1 Å². The molecule has 5 nitrogen and oxygen atoms in total. The molecule has 0 aliphatic rings. The lowest BCUT2D eigenvalue weighted by Gasteiger charge is -2.25. The number of hydrogen-bond donors (Lipinski definition) is 0. The Bertz CT molecular complexity index is 1560. The van der Waals surface area contributed by atoms with E-state index in [2.05, 4.69) is 44.7 Å². The topological polar surface area (TPSA) is 49.3 Å². The van der Waals surface area contributed by atoms with Gasteiger partial charge in [0.05, 0.1) is 27.0 Å². The highest BCUT2D eigenvalue weighted by Crippen LogP contribution is 2.34. The average Bonchev–Trinajstić information content (AvgIpc) is 3.35. The molecule has 0 unspecified atom stereocenters. The van der Waals surface area contributed by atoms with E-state index in [1.807, 2.05) is 65.6 Å². The van der Waals surface area contributed by atoms with Gasteiger partial charge in [-0.15, -0.1) is 0 Å². The maximum Gasteiger partial charge on any atom is 0.260 e. The van der Waals surface area contributed by atoms with Crippen molar-refractivity contribution in [2.45, 2.75) is 27.7 Å². The van der Waals surface area contributed by atoms with E-state index in [-0.39, 0.29) is 5.91 Å². The molecule has 37 heavy (non-hydrogen) atoms. The number of anilines is 1. The van der Waals surface area contributed by atoms with Crippen LogP contribution in [0.4, 0.5) is 5.13 Å². The standard InChI is InChI=1S/C31H32N4OS/c1-5-34(6-2)16-17-35(31-33-29-22(4)18-21(3)19-28(29)37-31)30(36)25-20-27(23-12-8-7-9-13-23)32-26-15-11-10-14-24(25)26/h7-15,18-20H,5-6,16-17H2,1-4H3. The van der Waals surface area contributed by atoms with E-state index in [4.69, 9.17) is 9.97 Å². The summed E-state index contributed by atoms with van der Waals surface area (Å²) in [7, 11) is 0. The molecule has 0 spiro atoms. The van der Waals surface area contributed by atoms with Crippen LogP contribution in [0.25, 0.3) is 32.4 Å². The third kappa shape index (κ3) is 5.13. The third-order valence-corrected chi connectivity index (χ3v) is 7.87. The Labute approximate surface area is 222 Å². The lowest BCUT2D eigenvalue weighted by Crippen LogP contribution is -2.39. The number of hydrogen-bond acceptors (Lipinski definition) is 5.